The van der Waals surface area contributed by atoms with Crippen molar-refractivity contribution in [2.24, 2.45) is 0 Å². The van der Waals surface area contributed by atoms with Crippen LogP contribution in [0.2, 0.25) is 0 Å². The molecule has 4 aliphatic rings. The molecule has 0 amide bonds. The van der Waals surface area contributed by atoms with Gasteiger partial charge in [-0.2, -0.15) is 0 Å². The van der Waals surface area contributed by atoms with Gasteiger partial charge in [-0.05, 0) is 92.7 Å². The zero-order chi connectivity index (χ0) is 22.7. The van der Waals surface area contributed by atoms with Gasteiger partial charge in [0.15, 0.2) is 0 Å². The number of hydrogen-bond donors (Lipinski definition) is 0. The molecule has 0 fully saturated rings. The van der Waals surface area contributed by atoms with Crippen LogP contribution in [0.5, 0.6) is 0 Å². The van der Waals surface area contributed by atoms with Crippen LogP contribution in [0.4, 0.5) is 17.1 Å². The Hall–Kier alpha value is -4.24. The first kappa shape index (κ1) is 18.1. The third kappa shape index (κ3) is 2.26. The van der Waals surface area contributed by atoms with Gasteiger partial charge >= 0.3 is 0 Å². The van der Waals surface area contributed by atoms with Crippen molar-refractivity contribution < 1.29 is 0 Å². The van der Waals surface area contributed by atoms with E-state index in [9.17, 15) is 0 Å². The second kappa shape index (κ2) is 6.25. The predicted molar refractivity (Wildman–Crippen MR) is 139 cm³/mol. The van der Waals surface area contributed by atoms with Crippen LogP contribution in [0.3, 0.4) is 0 Å². The highest BCUT2D eigenvalue weighted by Crippen LogP contribution is 2.53. The first-order valence-corrected chi connectivity index (χ1v) is 12.4. The molecule has 3 nitrogen and oxygen atoms in total. The lowest BCUT2D eigenvalue weighted by atomic mass is 9.88. The van der Waals surface area contributed by atoms with Crippen molar-refractivity contribution in [3.05, 3.63) is 124 Å². The van der Waals surface area contributed by atoms with Gasteiger partial charge in [-0.1, -0.05) is 36.4 Å². The van der Waals surface area contributed by atoms with E-state index in [1.54, 1.807) is 0 Å². The van der Waals surface area contributed by atoms with Crippen molar-refractivity contribution in [3.8, 4) is 22.3 Å². The number of hydrogen-bond acceptors (Lipinski definition) is 3. The minimum Gasteiger partial charge on any atom is -0.308 e. The third-order valence-electron chi connectivity index (χ3n) is 8.43. The molecule has 9 rings (SSSR count). The normalized spacial score (nSPS) is 14.9. The van der Waals surface area contributed by atoms with Crippen LogP contribution in [0.1, 0.15) is 44.6 Å². The average molecular weight is 448 g/mol. The van der Waals surface area contributed by atoms with Gasteiger partial charge in [0.05, 0.1) is 22.8 Å². The van der Waals surface area contributed by atoms with Gasteiger partial charge in [0, 0.05) is 37.0 Å². The maximum absolute atomic E-state index is 4.78. The fraction of sp³-hybridized carbons (Fsp3) is 0.125. The van der Waals surface area contributed by atoms with Crippen LogP contribution in [-0.4, -0.2) is 9.97 Å². The highest BCUT2D eigenvalue weighted by molar-refractivity contribution is 5.94. The molecule has 5 aromatic rings. The third-order valence-corrected chi connectivity index (χ3v) is 8.43. The number of fused-ring (bicyclic) bond motifs is 11. The van der Waals surface area contributed by atoms with E-state index >= 15 is 0 Å². The molecular weight excluding hydrogens is 426 g/mol. The van der Waals surface area contributed by atoms with E-state index in [1.165, 1.54) is 78.3 Å². The predicted octanol–water partition coefficient (Wildman–Crippen LogP) is 6.90. The fourth-order valence-corrected chi connectivity index (χ4v) is 6.97. The summed E-state index contributed by atoms with van der Waals surface area (Å²) in [6.07, 6.45) is 9.74. The van der Waals surface area contributed by atoms with Crippen molar-refractivity contribution in [3.63, 3.8) is 0 Å². The molecule has 164 valence electrons. The van der Waals surface area contributed by atoms with E-state index in [-0.39, 0.29) is 0 Å². The molecule has 35 heavy (non-hydrogen) atoms. The summed E-state index contributed by atoms with van der Waals surface area (Å²) >= 11 is 0. The molecule has 0 spiro atoms. The molecule has 0 saturated heterocycles. The monoisotopic (exact) mass is 447 g/mol. The van der Waals surface area contributed by atoms with E-state index in [2.05, 4.69) is 70.5 Å². The molecule has 0 atom stereocenters. The van der Waals surface area contributed by atoms with Crippen LogP contribution in [0.15, 0.2) is 79.3 Å². The summed E-state index contributed by atoms with van der Waals surface area (Å²) in [5.41, 5.74) is 20.6. The van der Waals surface area contributed by atoms with Crippen LogP contribution in [-0.2, 0) is 25.7 Å². The maximum Gasteiger partial charge on any atom is 0.0716 e. The van der Waals surface area contributed by atoms with Crippen molar-refractivity contribution in [2.75, 3.05) is 4.90 Å². The summed E-state index contributed by atoms with van der Waals surface area (Å²) in [4.78, 5) is 11.7. The lowest BCUT2D eigenvalue weighted by Crippen LogP contribution is -2.25. The van der Waals surface area contributed by atoms with E-state index in [4.69, 9.17) is 4.98 Å². The SMILES string of the molecule is c1ccc2c(c1)Cc1ccc3c(c1-2)Cc1cc2c(cc1-3)Cc1ccnc3c1N2c1ccncc1C3. The molecule has 0 bridgehead atoms. The molecule has 2 aliphatic heterocycles. The van der Waals surface area contributed by atoms with Gasteiger partial charge in [-0.3, -0.25) is 9.97 Å². The zero-order valence-electron chi connectivity index (χ0n) is 19.2. The Morgan fingerprint density at radius 3 is 2.54 bits per heavy atom. The summed E-state index contributed by atoms with van der Waals surface area (Å²) in [5.74, 6) is 0. The number of anilines is 3. The van der Waals surface area contributed by atoms with Crippen molar-refractivity contribution in [1.82, 2.24) is 9.97 Å². The van der Waals surface area contributed by atoms with E-state index in [0.717, 1.165) is 31.4 Å². The van der Waals surface area contributed by atoms with Crippen LogP contribution in [0.25, 0.3) is 22.3 Å². The number of aromatic nitrogens is 2. The van der Waals surface area contributed by atoms with Gasteiger partial charge in [-0.25, -0.2) is 0 Å². The second-order valence-corrected chi connectivity index (χ2v) is 10.2. The molecule has 0 N–H and O–H groups in total. The lowest BCUT2D eigenvalue weighted by molar-refractivity contribution is 0.951. The van der Waals surface area contributed by atoms with Crippen molar-refractivity contribution >= 4 is 17.1 Å². The zero-order valence-corrected chi connectivity index (χ0v) is 19.2. The first-order chi connectivity index (χ1) is 17.3. The Kier molecular flexibility index (Phi) is 3.24. The molecule has 3 aromatic carbocycles. The number of nitrogens with zero attached hydrogens (tertiary/aromatic N) is 3. The first-order valence-electron chi connectivity index (χ1n) is 12.4. The number of benzene rings is 3. The molecule has 0 radical (unpaired) electrons. The Morgan fingerprint density at radius 2 is 1.54 bits per heavy atom. The van der Waals surface area contributed by atoms with Gasteiger partial charge in [0.2, 0.25) is 0 Å². The summed E-state index contributed by atoms with van der Waals surface area (Å²) < 4.78 is 0. The van der Waals surface area contributed by atoms with Crippen LogP contribution >= 0.6 is 0 Å². The summed E-state index contributed by atoms with van der Waals surface area (Å²) in [6, 6.07) is 23.0. The summed E-state index contributed by atoms with van der Waals surface area (Å²) in [5, 5.41) is 0. The Bertz CT molecular complexity index is 1760. The van der Waals surface area contributed by atoms with Gasteiger partial charge in [0.25, 0.3) is 0 Å². The Labute approximate surface area is 203 Å². The van der Waals surface area contributed by atoms with Crippen LogP contribution < -0.4 is 4.90 Å². The average Bonchev–Trinajstić information content (AvgIpc) is 3.45. The quantitative estimate of drug-likeness (QED) is 0.253. The molecular formula is C32H21N3. The molecule has 4 heterocycles. The standard InChI is InChI=1S/C32H21N3/c1-2-4-24-18(3-1)11-19-5-6-25-26-14-22-12-20-7-10-34-28-15-23-17-33-9-8-29(23)35(32(20)28)30(22)16-21(26)13-27(25)31(19)24/h1-10,14,16-17H,11-13,15H2. The summed E-state index contributed by atoms with van der Waals surface area (Å²) in [6.45, 7) is 0. The van der Waals surface area contributed by atoms with Crippen LogP contribution in [0, 0.1) is 0 Å². The largest absolute Gasteiger partial charge is 0.308 e. The number of pyridine rings is 2. The Morgan fingerprint density at radius 1 is 0.600 bits per heavy atom. The smallest absolute Gasteiger partial charge is 0.0716 e. The minimum atomic E-state index is 0.847. The van der Waals surface area contributed by atoms with Crippen molar-refractivity contribution in [1.29, 1.82) is 0 Å². The second-order valence-electron chi connectivity index (χ2n) is 10.2. The summed E-state index contributed by atoms with van der Waals surface area (Å²) in [7, 11) is 0. The maximum atomic E-state index is 4.78. The molecule has 0 unspecified atom stereocenters. The highest BCUT2D eigenvalue weighted by atomic mass is 15.2. The lowest BCUT2D eigenvalue weighted by Gasteiger charge is -2.38. The topological polar surface area (TPSA) is 29.0 Å². The van der Waals surface area contributed by atoms with E-state index < -0.39 is 0 Å². The molecule has 2 aliphatic carbocycles. The van der Waals surface area contributed by atoms with E-state index in [1.807, 2.05) is 18.6 Å². The fourth-order valence-electron chi connectivity index (χ4n) is 6.97. The van der Waals surface area contributed by atoms with Gasteiger partial charge in [0.1, 0.15) is 0 Å². The van der Waals surface area contributed by atoms with Gasteiger partial charge < -0.3 is 4.90 Å². The van der Waals surface area contributed by atoms with E-state index in [0.29, 0.717) is 0 Å². The number of rotatable bonds is 0. The minimum absolute atomic E-state index is 0.847. The molecule has 2 aromatic heterocycles. The van der Waals surface area contributed by atoms with Crippen molar-refractivity contribution in [2.45, 2.75) is 25.7 Å². The molecule has 0 saturated carbocycles. The highest BCUT2D eigenvalue weighted by Gasteiger charge is 2.35. The molecule has 3 heteroatoms. The Balaban J connectivity index is 1.27. The van der Waals surface area contributed by atoms with Gasteiger partial charge in [-0.15, -0.1) is 0 Å².